The average molecular weight is 293 g/mol. The molecular formula is C16H17F2NO2. The van der Waals surface area contributed by atoms with E-state index >= 15 is 0 Å². The summed E-state index contributed by atoms with van der Waals surface area (Å²) in [4.78, 5) is 14.3. The van der Waals surface area contributed by atoms with Crippen LogP contribution < -0.4 is 4.90 Å². The minimum absolute atomic E-state index is 0.00807. The molecule has 1 amide bonds. The Kier molecular flexibility index (Phi) is 2.99. The molecule has 3 heterocycles. The summed E-state index contributed by atoms with van der Waals surface area (Å²) in [6, 6.07) is 2.18. The van der Waals surface area contributed by atoms with E-state index in [1.54, 1.807) is 4.90 Å². The van der Waals surface area contributed by atoms with Gasteiger partial charge in [-0.25, -0.2) is 8.78 Å². The number of carbonyl (C=O) groups excluding carboxylic acids is 1. The van der Waals surface area contributed by atoms with Crippen LogP contribution in [0.3, 0.4) is 0 Å². The van der Waals surface area contributed by atoms with Gasteiger partial charge in [0.25, 0.3) is 0 Å². The summed E-state index contributed by atoms with van der Waals surface area (Å²) < 4.78 is 33.1. The number of carbonyl (C=O) groups is 1. The number of halogens is 2. The maximum Gasteiger partial charge on any atom is 0.232 e. The maximum atomic E-state index is 13.9. The first-order valence-electron chi connectivity index (χ1n) is 7.58. The average Bonchev–Trinajstić information content (AvgIpc) is 3.08. The van der Waals surface area contributed by atoms with Crippen molar-refractivity contribution in [2.75, 3.05) is 11.4 Å². The largest absolute Gasteiger partial charge is 0.374 e. The molecule has 0 radical (unpaired) electrons. The smallest absolute Gasteiger partial charge is 0.232 e. The highest BCUT2D eigenvalue weighted by molar-refractivity contribution is 5.96. The lowest BCUT2D eigenvalue weighted by atomic mass is 9.87. The minimum atomic E-state index is -0.629. The van der Waals surface area contributed by atoms with Gasteiger partial charge in [0.05, 0.1) is 23.8 Å². The Morgan fingerprint density at radius 2 is 2.14 bits per heavy atom. The number of hydrogen-bond donors (Lipinski definition) is 0. The van der Waals surface area contributed by atoms with Gasteiger partial charge in [-0.3, -0.25) is 4.79 Å². The van der Waals surface area contributed by atoms with Gasteiger partial charge in [0.15, 0.2) is 0 Å². The van der Waals surface area contributed by atoms with E-state index in [0.29, 0.717) is 30.6 Å². The van der Waals surface area contributed by atoms with E-state index in [1.165, 1.54) is 6.07 Å². The van der Waals surface area contributed by atoms with Gasteiger partial charge in [-0.2, -0.15) is 0 Å². The van der Waals surface area contributed by atoms with Crippen LogP contribution in [0.25, 0.3) is 0 Å². The number of amides is 1. The van der Waals surface area contributed by atoms with Crippen LogP contribution in [-0.4, -0.2) is 24.7 Å². The second-order valence-electron chi connectivity index (χ2n) is 6.19. The highest BCUT2D eigenvalue weighted by Crippen LogP contribution is 2.41. The van der Waals surface area contributed by atoms with Crippen LogP contribution in [0.2, 0.25) is 0 Å². The van der Waals surface area contributed by atoms with E-state index in [2.05, 4.69) is 0 Å². The van der Waals surface area contributed by atoms with Crippen LogP contribution in [0.15, 0.2) is 12.1 Å². The van der Waals surface area contributed by atoms with Crippen molar-refractivity contribution in [2.45, 2.75) is 44.3 Å². The first kappa shape index (κ1) is 13.2. The van der Waals surface area contributed by atoms with E-state index < -0.39 is 11.6 Å². The van der Waals surface area contributed by atoms with Crippen molar-refractivity contribution in [1.29, 1.82) is 0 Å². The summed E-state index contributed by atoms with van der Waals surface area (Å²) in [6.07, 6.45) is 4.13. The number of hydrogen-bond acceptors (Lipinski definition) is 2. The summed E-state index contributed by atoms with van der Waals surface area (Å²) in [6.45, 7) is 0.530. The molecule has 1 aromatic carbocycles. The van der Waals surface area contributed by atoms with E-state index in [4.69, 9.17) is 4.74 Å². The lowest BCUT2D eigenvalue weighted by molar-refractivity contribution is -0.124. The molecule has 2 saturated heterocycles. The van der Waals surface area contributed by atoms with Gasteiger partial charge < -0.3 is 9.64 Å². The second kappa shape index (κ2) is 4.77. The van der Waals surface area contributed by atoms with Gasteiger partial charge in [0.2, 0.25) is 5.91 Å². The van der Waals surface area contributed by atoms with Crippen molar-refractivity contribution >= 4 is 11.6 Å². The molecule has 3 aliphatic rings. The molecule has 3 unspecified atom stereocenters. The van der Waals surface area contributed by atoms with Crippen molar-refractivity contribution < 1.29 is 18.3 Å². The van der Waals surface area contributed by atoms with Gasteiger partial charge in [0.1, 0.15) is 11.6 Å². The summed E-state index contributed by atoms with van der Waals surface area (Å²) in [5.41, 5.74) is 0.867. The fourth-order valence-electron chi connectivity index (χ4n) is 3.94. The highest BCUT2D eigenvalue weighted by atomic mass is 19.1. The van der Waals surface area contributed by atoms with Crippen LogP contribution >= 0.6 is 0 Å². The summed E-state index contributed by atoms with van der Waals surface area (Å²) >= 11 is 0. The Hall–Kier alpha value is -1.49. The zero-order valence-corrected chi connectivity index (χ0v) is 11.6. The Morgan fingerprint density at radius 3 is 2.86 bits per heavy atom. The molecule has 2 fully saturated rings. The van der Waals surface area contributed by atoms with E-state index in [0.717, 1.165) is 25.3 Å². The number of rotatable bonds is 1. The predicted octanol–water partition coefficient (Wildman–Crippen LogP) is 2.81. The molecule has 112 valence electrons. The highest BCUT2D eigenvalue weighted by Gasteiger charge is 2.46. The number of nitrogens with zero attached hydrogens (tertiary/aromatic N) is 1. The summed E-state index contributed by atoms with van der Waals surface area (Å²) in [5.74, 6) is -1.36. The fraction of sp³-hybridized carbons (Fsp3) is 0.562. The molecule has 3 atom stereocenters. The van der Waals surface area contributed by atoms with Gasteiger partial charge in [-0.1, -0.05) is 0 Å². The molecule has 0 saturated carbocycles. The number of anilines is 1. The van der Waals surface area contributed by atoms with Gasteiger partial charge >= 0.3 is 0 Å². The monoisotopic (exact) mass is 293 g/mol. The Bertz CT molecular complexity index is 604. The number of ether oxygens (including phenoxy) is 1. The van der Waals surface area contributed by atoms with Crippen LogP contribution in [-0.2, 0) is 16.0 Å². The molecule has 0 aliphatic carbocycles. The molecule has 21 heavy (non-hydrogen) atoms. The minimum Gasteiger partial charge on any atom is -0.374 e. The lowest BCUT2D eigenvalue weighted by Crippen LogP contribution is -2.43. The van der Waals surface area contributed by atoms with Crippen molar-refractivity contribution in [2.24, 2.45) is 5.92 Å². The first-order chi connectivity index (χ1) is 10.1. The van der Waals surface area contributed by atoms with Crippen molar-refractivity contribution in [1.82, 2.24) is 0 Å². The first-order valence-corrected chi connectivity index (χ1v) is 7.58. The number of fused-ring (bicyclic) bond motifs is 3. The molecule has 2 bridgehead atoms. The second-order valence-corrected chi connectivity index (χ2v) is 6.19. The molecule has 3 nitrogen and oxygen atoms in total. The molecule has 1 aromatic rings. The SMILES string of the molecule is O=C(C1CC2CCC1O2)N1CCCc2c(F)cc(F)cc21. The zero-order chi connectivity index (χ0) is 14.6. The van der Waals surface area contributed by atoms with Crippen molar-refractivity contribution in [3.05, 3.63) is 29.3 Å². The normalized spacial score (nSPS) is 30.6. The predicted molar refractivity (Wildman–Crippen MR) is 73.0 cm³/mol. The summed E-state index contributed by atoms with van der Waals surface area (Å²) in [5, 5.41) is 0. The molecule has 0 aromatic heterocycles. The molecule has 5 heteroatoms. The molecule has 0 N–H and O–H groups in total. The molecule has 3 aliphatic heterocycles. The maximum absolute atomic E-state index is 13.9. The molecule has 4 rings (SSSR count). The van der Waals surface area contributed by atoms with Crippen LogP contribution in [0, 0.1) is 17.6 Å². The topological polar surface area (TPSA) is 29.5 Å². The number of benzene rings is 1. The van der Waals surface area contributed by atoms with E-state index in [1.807, 2.05) is 0 Å². The Morgan fingerprint density at radius 1 is 1.29 bits per heavy atom. The molecule has 0 spiro atoms. The lowest BCUT2D eigenvalue weighted by Gasteiger charge is -2.33. The standard InChI is InChI=1S/C16H17F2NO2/c17-9-6-13(18)11-2-1-5-19(14(11)7-9)16(20)12-8-10-3-4-15(12)21-10/h6-7,10,12,15H,1-5,8H2. The quantitative estimate of drug-likeness (QED) is 0.797. The van der Waals surface area contributed by atoms with Crippen LogP contribution in [0.5, 0.6) is 0 Å². The van der Waals surface area contributed by atoms with E-state index in [-0.39, 0.29) is 24.0 Å². The fourth-order valence-corrected chi connectivity index (χ4v) is 3.94. The van der Waals surface area contributed by atoms with Crippen LogP contribution in [0.1, 0.15) is 31.2 Å². The van der Waals surface area contributed by atoms with Gasteiger partial charge in [0, 0.05) is 18.2 Å². The van der Waals surface area contributed by atoms with E-state index in [9.17, 15) is 13.6 Å². The Labute approximate surface area is 121 Å². The van der Waals surface area contributed by atoms with Gasteiger partial charge in [-0.05, 0) is 38.2 Å². The van der Waals surface area contributed by atoms with Crippen molar-refractivity contribution in [3.63, 3.8) is 0 Å². The Balaban J connectivity index is 1.67. The third kappa shape index (κ3) is 2.06. The van der Waals surface area contributed by atoms with Gasteiger partial charge in [-0.15, -0.1) is 0 Å². The summed E-state index contributed by atoms with van der Waals surface area (Å²) in [7, 11) is 0. The van der Waals surface area contributed by atoms with Crippen LogP contribution in [0.4, 0.5) is 14.5 Å². The third-order valence-electron chi connectivity index (χ3n) is 4.93. The molecular weight excluding hydrogens is 276 g/mol. The van der Waals surface area contributed by atoms with Crippen molar-refractivity contribution in [3.8, 4) is 0 Å². The third-order valence-corrected chi connectivity index (χ3v) is 4.93. The zero-order valence-electron chi connectivity index (χ0n) is 11.6.